The number of carbonyl (C=O) groups excluding carboxylic acids is 1. The van der Waals surface area contributed by atoms with Gasteiger partial charge in [0, 0.05) is 30.7 Å². The van der Waals surface area contributed by atoms with E-state index in [9.17, 15) is 17.6 Å². The number of hydrogen-bond acceptors (Lipinski definition) is 3. The van der Waals surface area contributed by atoms with Gasteiger partial charge in [-0.1, -0.05) is 39.7 Å². The van der Waals surface area contributed by atoms with E-state index < -0.39 is 21.7 Å². The van der Waals surface area contributed by atoms with E-state index in [1.807, 2.05) is 0 Å². The van der Waals surface area contributed by atoms with Crippen LogP contribution < -0.4 is 0 Å². The molecule has 0 bridgehead atoms. The molecule has 1 fully saturated rings. The van der Waals surface area contributed by atoms with Gasteiger partial charge in [-0.2, -0.15) is 4.31 Å². The van der Waals surface area contributed by atoms with Crippen LogP contribution in [0.15, 0.2) is 51.8 Å². The third kappa shape index (κ3) is 3.78. The van der Waals surface area contributed by atoms with Gasteiger partial charge in [-0.15, -0.1) is 0 Å². The molecule has 1 heterocycles. The summed E-state index contributed by atoms with van der Waals surface area (Å²) in [6.07, 6.45) is 0. The van der Waals surface area contributed by atoms with Crippen molar-refractivity contribution in [3.05, 3.63) is 63.3 Å². The van der Waals surface area contributed by atoms with Gasteiger partial charge in [0.1, 0.15) is 10.7 Å². The Morgan fingerprint density at radius 3 is 2.38 bits per heavy atom. The van der Waals surface area contributed by atoms with E-state index in [2.05, 4.69) is 15.9 Å². The van der Waals surface area contributed by atoms with Crippen LogP contribution in [0.2, 0.25) is 5.02 Å². The zero-order valence-electron chi connectivity index (χ0n) is 13.5. The van der Waals surface area contributed by atoms with E-state index in [4.69, 9.17) is 11.6 Å². The summed E-state index contributed by atoms with van der Waals surface area (Å²) in [6.45, 7) is 0.590. The second kappa shape index (κ2) is 7.64. The van der Waals surface area contributed by atoms with E-state index in [0.29, 0.717) is 4.47 Å². The molecule has 1 aliphatic heterocycles. The van der Waals surface area contributed by atoms with Crippen LogP contribution in [0.1, 0.15) is 10.4 Å². The predicted octanol–water partition coefficient (Wildman–Crippen LogP) is 3.39. The van der Waals surface area contributed by atoms with Crippen molar-refractivity contribution < 1.29 is 17.6 Å². The highest BCUT2D eigenvalue weighted by molar-refractivity contribution is 9.10. The molecular weight excluding hydrogens is 447 g/mol. The number of amides is 1. The second-order valence-electron chi connectivity index (χ2n) is 5.75. The van der Waals surface area contributed by atoms with Gasteiger partial charge in [-0.25, -0.2) is 12.8 Å². The SMILES string of the molecule is O=C(c1cc(Br)ccc1F)N1CCN(S(=O)(=O)c2ccccc2Cl)CC1. The minimum atomic E-state index is -3.74. The zero-order valence-corrected chi connectivity index (χ0v) is 16.7. The first-order valence-electron chi connectivity index (χ1n) is 7.80. The molecule has 0 saturated carbocycles. The number of halogens is 3. The highest BCUT2D eigenvalue weighted by Gasteiger charge is 2.32. The molecule has 2 aromatic carbocycles. The number of nitrogens with zero attached hydrogens (tertiary/aromatic N) is 2. The molecular formula is C17H15BrClFN2O3S. The number of benzene rings is 2. The van der Waals surface area contributed by atoms with Crippen LogP contribution >= 0.6 is 27.5 Å². The largest absolute Gasteiger partial charge is 0.336 e. The second-order valence-corrected chi connectivity index (χ2v) is 8.98. The van der Waals surface area contributed by atoms with Crippen molar-refractivity contribution in [3.63, 3.8) is 0 Å². The van der Waals surface area contributed by atoms with E-state index in [1.165, 1.54) is 39.5 Å². The average Bonchev–Trinajstić information content (AvgIpc) is 2.63. The molecule has 0 spiro atoms. The minimum Gasteiger partial charge on any atom is -0.336 e. The molecule has 5 nitrogen and oxygen atoms in total. The number of hydrogen-bond donors (Lipinski definition) is 0. The number of sulfonamides is 1. The van der Waals surface area contributed by atoms with Crippen LogP contribution in [0.3, 0.4) is 0 Å². The van der Waals surface area contributed by atoms with Crippen LogP contribution in [0.5, 0.6) is 0 Å². The lowest BCUT2D eigenvalue weighted by Crippen LogP contribution is -2.50. The van der Waals surface area contributed by atoms with Gasteiger partial charge in [0.2, 0.25) is 10.0 Å². The van der Waals surface area contributed by atoms with Gasteiger partial charge in [0.05, 0.1) is 10.6 Å². The fourth-order valence-corrected chi connectivity index (χ4v) is 5.03. The van der Waals surface area contributed by atoms with Crippen molar-refractivity contribution in [2.75, 3.05) is 26.2 Å². The fourth-order valence-electron chi connectivity index (χ4n) is 2.76. The summed E-state index contributed by atoms with van der Waals surface area (Å²) in [6, 6.07) is 10.4. The van der Waals surface area contributed by atoms with Crippen LogP contribution in [-0.4, -0.2) is 49.7 Å². The molecule has 0 atom stereocenters. The normalized spacial score (nSPS) is 15.9. The lowest BCUT2D eigenvalue weighted by molar-refractivity contribution is 0.0693. The Balaban J connectivity index is 1.74. The predicted molar refractivity (Wildman–Crippen MR) is 100 cm³/mol. The molecule has 138 valence electrons. The summed E-state index contributed by atoms with van der Waals surface area (Å²) in [4.78, 5) is 14.0. The number of carbonyl (C=O) groups is 1. The van der Waals surface area contributed by atoms with E-state index in [1.54, 1.807) is 12.1 Å². The lowest BCUT2D eigenvalue weighted by atomic mass is 10.1. The summed E-state index contributed by atoms with van der Waals surface area (Å²) in [7, 11) is -3.74. The molecule has 0 N–H and O–H groups in total. The lowest BCUT2D eigenvalue weighted by Gasteiger charge is -2.34. The summed E-state index contributed by atoms with van der Waals surface area (Å²) in [5, 5.41) is 0.155. The Morgan fingerprint density at radius 1 is 1.08 bits per heavy atom. The van der Waals surface area contributed by atoms with E-state index >= 15 is 0 Å². The quantitative estimate of drug-likeness (QED) is 0.704. The smallest absolute Gasteiger partial charge is 0.256 e. The third-order valence-corrected chi connectivity index (χ3v) is 7.03. The molecule has 2 aromatic rings. The first kappa shape index (κ1) is 19.3. The number of piperazine rings is 1. The zero-order chi connectivity index (χ0) is 18.9. The summed E-state index contributed by atoms with van der Waals surface area (Å²) >= 11 is 9.22. The van der Waals surface area contributed by atoms with E-state index in [0.717, 1.165) is 0 Å². The van der Waals surface area contributed by atoms with Crippen LogP contribution in [-0.2, 0) is 10.0 Å². The van der Waals surface area contributed by atoms with Gasteiger partial charge in [0.15, 0.2) is 0 Å². The highest BCUT2D eigenvalue weighted by Crippen LogP contribution is 2.25. The molecule has 0 aliphatic carbocycles. The summed E-state index contributed by atoms with van der Waals surface area (Å²) in [5.74, 6) is -1.07. The van der Waals surface area contributed by atoms with E-state index in [-0.39, 0.29) is 41.7 Å². The van der Waals surface area contributed by atoms with Crippen molar-refractivity contribution in [1.29, 1.82) is 0 Å². The Hall–Kier alpha value is -1.48. The fraction of sp³-hybridized carbons (Fsp3) is 0.235. The molecule has 0 unspecified atom stereocenters. The maximum atomic E-state index is 13.9. The first-order chi connectivity index (χ1) is 12.3. The highest BCUT2D eigenvalue weighted by atomic mass is 79.9. The Morgan fingerprint density at radius 2 is 1.73 bits per heavy atom. The van der Waals surface area contributed by atoms with Gasteiger partial charge < -0.3 is 4.90 Å². The molecule has 1 amide bonds. The Bertz CT molecular complexity index is 947. The van der Waals surface area contributed by atoms with Crippen molar-refractivity contribution in [2.45, 2.75) is 4.90 Å². The Labute approximate surface area is 164 Å². The Kier molecular flexibility index (Phi) is 5.67. The molecule has 1 aliphatic rings. The van der Waals surface area contributed by atoms with Gasteiger partial charge in [-0.05, 0) is 30.3 Å². The molecule has 1 saturated heterocycles. The molecule has 26 heavy (non-hydrogen) atoms. The molecule has 0 radical (unpaired) electrons. The van der Waals surface area contributed by atoms with Crippen LogP contribution in [0, 0.1) is 5.82 Å². The van der Waals surface area contributed by atoms with Crippen molar-refractivity contribution in [3.8, 4) is 0 Å². The van der Waals surface area contributed by atoms with Gasteiger partial charge in [0.25, 0.3) is 5.91 Å². The average molecular weight is 462 g/mol. The van der Waals surface area contributed by atoms with Gasteiger partial charge in [-0.3, -0.25) is 4.79 Å². The maximum absolute atomic E-state index is 13.9. The molecule has 0 aromatic heterocycles. The van der Waals surface area contributed by atoms with Crippen molar-refractivity contribution in [1.82, 2.24) is 9.21 Å². The van der Waals surface area contributed by atoms with Crippen molar-refractivity contribution in [2.24, 2.45) is 0 Å². The maximum Gasteiger partial charge on any atom is 0.256 e. The summed E-state index contributed by atoms with van der Waals surface area (Å²) < 4.78 is 41.3. The summed E-state index contributed by atoms with van der Waals surface area (Å²) in [5.41, 5.74) is -0.0400. The van der Waals surface area contributed by atoms with Crippen LogP contribution in [0.25, 0.3) is 0 Å². The van der Waals surface area contributed by atoms with Crippen LogP contribution in [0.4, 0.5) is 4.39 Å². The monoisotopic (exact) mass is 460 g/mol. The molecule has 3 rings (SSSR count). The number of rotatable bonds is 3. The third-order valence-electron chi connectivity index (χ3n) is 4.14. The van der Waals surface area contributed by atoms with Crippen molar-refractivity contribution >= 4 is 43.5 Å². The first-order valence-corrected chi connectivity index (χ1v) is 10.4. The molecule has 9 heteroatoms. The standard InChI is InChI=1S/C17H15BrClFN2O3S/c18-12-5-6-15(20)13(11-12)17(23)21-7-9-22(10-8-21)26(24,25)16-4-2-1-3-14(16)19/h1-6,11H,7-10H2. The topological polar surface area (TPSA) is 57.7 Å². The van der Waals surface area contributed by atoms with Gasteiger partial charge >= 0.3 is 0 Å². The minimum absolute atomic E-state index is 0.0400.